The summed E-state index contributed by atoms with van der Waals surface area (Å²) in [5.41, 5.74) is 0.295. The van der Waals surface area contributed by atoms with Crippen molar-refractivity contribution in [3.05, 3.63) is 28.8 Å². The molecule has 6 heteroatoms. The zero-order valence-electron chi connectivity index (χ0n) is 12.2. The van der Waals surface area contributed by atoms with Gasteiger partial charge in [0.05, 0.1) is 16.7 Å². The monoisotopic (exact) mass is 326 g/mol. The number of sulfonamides is 1. The molecule has 1 aliphatic carbocycles. The van der Waals surface area contributed by atoms with E-state index >= 15 is 0 Å². The van der Waals surface area contributed by atoms with E-state index in [1.807, 2.05) is 6.07 Å². The lowest BCUT2D eigenvalue weighted by Gasteiger charge is -2.35. The van der Waals surface area contributed by atoms with Gasteiger partial charge in [0.1, 0.15) is 4.90 Å². The lowest BCUT2D eigenvalue weighted by Crippen LogP contribution is -2.42. The zero-order valence-corrected chi connectivity index (χ0v) is 13.8. The van der Waals surface area contributed by atoms with Crippen LogP contribution in [0.3, 0.4) is 0 Å². The average Bonchev–Trinajstić information content (AvgIpc) is 2.47. The molecular weight excluding hydrogens is 308 g/mol. The van der Waals surface area contributed by atoms with Crippen molar-refractivity contribution in [2.45, 2.75) is 43.5 Å². The van der Waals surface area contributed by atoms with Crippen molar-refractivity contribution in [2.75, 3.05) is 7.05 Å². The fourth-order valence-corrected chi connectivity index (χ4v) is 4.92. The fraction of sp³-hybridized carbons (Fsp3) is 0.533. The fourth-order valence-electron chi connectivity index (χ4n) is 2.94. The first-order valence-corrected chi connectivity index (χ1v) is 8.87. The van der Waals surface area contributed by atoms with Crippen molar-refractivity contribution in [3.8, 4) is 6.07 Å². The molecule has 0 N–H and O–H groups in total. The third-order valence-corrected chi connectivity index (χ3v) is 6.61. The van der Waals surface area contributed by atoms with Gasteiger partial charge in [0.15, 0.2) is 0 Å². The maximum absolute atomic E-state index is 12.8. The average molecular weight is 327 g/mol. The summed E-state index contributed by atoms with van der Waals surface area (Å²) in [7, 11) is -2.08. The van der Waals surface area contributed by atoms with E-state index in [0.717, 1.165) is 25.7 Å². The normalized spacial score (nSPS) is 23.0. The van der Waals surface area contributed by atoms with E-state index in [1.165, 1.54) is 22.5 Å². The SMILES string of the molecule is CC1CCCCC1N(C)S(=O)(=O)c1cc(C#N)ccc1Cl. The summed E-state index contributed by atoms with van der Waals surface area (Å²) >= 11 is 6.04. The van der Waals surface area contributed by atoms with Crippen molar-refractivity contribution in [2.24, 2.45) is 5.92 Å². The molecule has 0 aliphatic heterocycles. The summed E-state index contributed by atoms with van der Waals surface area (Å²) in [4.78, 5) is 0.0171. The highest BCUT2D eigenvalue weighted by atomic mass is 35.5. The minimum Gasteiger partial charge on any atom is -0.207 e. The molecular formula is C15H19ClN2O2S. The number of halogens is 1. The number of hydrogen-bond acceptors (Lipinski definition) is 3. The van der Waals surface area contributed by atoms with Crippen LogP contribution in [0, 0.1) is 17.2 Å². The van der Waals surface area contributed by atoms with E-state index in [2.05, 4.69) is 6.92 Å². The van der Waals surface area contributed by atoms with Gasteiger partial charge in [-0.05, 0) is 37.0 Å². The molecule has 1 fully saturated rings. The highest BCUT2D eigenvalue weighted by Crippen LogP contribution is 2.32. The molecule has 4 nitrogen and oxygen atoms in total. The van der Waals surface area contributed by atoms with Crippen molar-refractivity contribution in [3.63, 3.8) is 0 Å². The van der Waals surface area contributed by atoms with Crippen LogP contribution >= 0.6 is 11.6 Å². The third-order valence-electron chi connectivity index (χ3n) is 4.25. The van der Waals surface area contributed by atoms with Crippen LogP contribution in [0.25, 0.3) is 0 Å². The van der Waals surface area contributed by atoms with Gasteiger partial charge >= 0.3 is 0 Å². The van der Waals surface area contributed by atoms with Crippen LogP contribution in [-0.4, -0.2) is 25.8 Å². The van der Waals surface area contributed by atoms with Crippen LogP contribution in [0.4, 0.5) is 0 Å². The molecule has 0 spiro atoms. The first kappa shape index (κ1) is 16.3. The highest BCUT2D eigenvalue weighted by molar-refractivity contribution is 7.89. The van der Waals surface area contributed by atoms with Gasteiger partial charge in [0, 0.05) is 13.1 Å². The molecule has 1 aromatic carbocycles. The minimum atomic E-state index is -3.68. The molecule has 0 saturated heterocycles. The Balaban J connectivity index is 2.39. The Morgan fingerprint density at radius 1 is 1.33 bits per heavy atom. The Kier molecular flexibility index (Phi) is 4.92. The molecule has 0 heterocycles. The molecule has 21 heavy (non-hydrogen) atoms. The Labute approximate surface area is 131 Å². The largest absolute Gasteiger partial charge is 0.244 e. The molecule has 1 aliphatic rings. The van der Waals surface area contributed by atoms with E-state index in [4.69, 9.17) is 16.9 Å². The lowest BCUT2D eigenvalue weighted by molar-refractivity contribution is 0.213. The first-order valence-electron chi connectivity index (χ1n) is 7.05. The Hall–Kier alpha value is -1.09. The summed E-state index contributed by atoms with van der Waals surface area (Å²) in [6, 6.07) is 6.27. The smallest absolute Gasteiger partial charge is 0.207 e. The van der Waals surface area contributed by atoms with Crippen molar-refractivity contribution >= 4 is 21.6 Å². The van der Waals surface area contributed by atoms with E-state index in [0.29, 0.717) is 11.5 Å². The summed E-state index contributed by atoms with van der Waals surface area (Å²) in [5.74, 6) is 0.330. The van der Waals surface area contributed by atoms with Gasteiger partial charge in [0.2, 0.25) is 10.0 Å². The molecule has 2 atom stereocenters. The standard InChI is InChI=1S/C15H19ClN2O2S/c1-11-5-3-4-6-14(11)18(2)21(19,20)15-9-12(10-17)7-8-13(15)16/h7-9,11,14H,3-6H2,1-2H3. The van der Waals surface area contributed by atoms with Crippen LogP contribution in [0.1, 0.15) is 38.2 Å². The van der Waals surface area contributed by atoms with Gasteiger partial charge in [-0.3, -0.25) is 0 Å². The Bertz CT molecular complexity index is 667. The Morgan fingerprint density at radius 2 is 2.00 bits per heavy atom. The number of benzene rings is 1. The molecule has 2 rings (SSSR count). The van der Waals surface area contributed by atoms with Crippen molar-refractivity contribution in [1.29, 1.82) is 5.26 Å². The predicted molar refractivity (Wildman–Crippen MR) is 82.5 cm³/mol. The predicted octanol–water partition coefficient (Wildman–Crippen LogP) is 3.41. The molecule has 2 unspecified atom stereocenters. The second-order valence-corrected chi connectivity index (χ2v) is 7.98. The van der Waals surface area contributed by atoms with Gasteiger partial charge in [-0.15, -0.1) is 0 Å². The van der Waals surface area contributed by atoms with E-state index in [9.17, 15) is 8.42 Å². The molecule has 0 radical (unpaired) electrons. The Morgan fingerprint density at radius 3 is 2.62 bits per heavy atom. The first-order chi connectivity index (χ1) is 9.87. The maximum Gasteiger partial charge on any atom is 0.244 e. The van der Waals surface area contributed by atoms with Crippen LogP contribution in [0.15, 0.2) is 23.1 Å². The second kappa shape index (κ2) is 6.35. The van der Waals surface area contributed by atoms with E-state index in [1.54, 1.807) is 7.05 Å². The van der Waals surface area contributed by atoms with Crippen LogP contribution in [0.2, 0.25) is 5.02 Å². The van der Waals surface area contributed by atoms with E-state index < -0.39 is 10.0 Å². The number of hydrogen-bond donors (Lipinski definition) is 0. The van der Waals surface area contributed by atoms with E-state index in [-0.39, 0.29) is 16.0 Å². The molecule has 1 aromatic rings. The van der Waals surface area contributed by atoms with Gasteiger partial charge in [0.25, 0.3) is 0 Å². The number of nitrogens with zero attached hydrogens (tertiary/aromatic N) is 2. The summed E-state index contributed by atoms with van der Waals surface area (Å²) < 4.78 is 27.0. The molecule has 0 bridgehead atoms. The van der Waals surface area contributed by atoms with Crippen LogP contribution < -0.4 is 0 Å². The molecule has 1 saturated carbocycles. The van der Waals surface area contributed by atoms with Gasteiger partial charge in [-0.25, -0.2) is 8.42 Å². The van der Waals surface area contributed by atoms with Crippen LogP contribution in [-0.2, 0) is 10.0 Å². The molecule has 114 valence electrons. The third kappa shape index (κ3) is 3.23. The van der Waals surface area contributed by atoms with Crippen LogP contribution in [0.5, 0.6) is 0 Å². The lowest BCUT2D eigenvalue weighted by atomic mass is 9.86. The van der Waals surface area contributed by atoms with Gasteiger partial charge < -0.3 is 0 Å². The molecule has 0 amide bonds. The topological polar surface area (TPSA) is 61.2 Å². The minimum absolute atomic E-state index is 0.00874. The zero-order chi connectivity index (χ0) is 15.6. The quantitative estimate of drug-likeness (QED) is 0.855. The van der Waals surface area contributed by atoms with Crippen molar-refractivity contribution in [1.82, 2.24) is 4.31 Å². The summed E-state index contributed by atoms with van der Waals surface area (Å²) in [5, 5.41) is 9.10. The number of nitriles is 1. The summed E-state index contributed by atoms with van der Waals surface area (Å²) in [6.07, 6.45) is 4.10. The molecule has 0 aromatic heterocycles. The number of rotatable bonds is 3. The highest BCUT2D eigenvalue weighted by Gasteiger charge is 2.34. The van der Waals surface area contributed by atoms with Gasteiger partial charge in [-0.2, -0.15) is 9.57 Å². The van der Waals surface area contributed by atoms with Crippen molar-refractivity contribution < 1.29 is 8.42 Å². The summed E-state index contributed by atoms with van der Waals surface area (Å²) in [6.45, 7) is 2.09. The van der Waals surface area contributed by atoms with Gasteiger partial charge in [-0.1, -0.05) is 31.4 Å². The second-order valence-electron chi connectivity index (χ2n) is 5.61. The maximum atomic E-state index is 12.8.